The second kappa shape index (κ2) is 2.05. The van der Waals surface area contributed by atoms with Crippen LogP contribution in [0.2, 0.25) is 0 Å². The first-order valence-electron chi connectivity index (χ1n) is 3.28. The van der Waals surface area contributed by atoms with Crippen LogP contribution in [0.15, 0.2) is 18.5 Å². The van der Waals surface area contributed by atoms with Crippen molar-refractivity contribution in [2.75, 3.05) is 0 Å². The van der Waals surface area contributed by atoms with Gasteiger partial charge in [-0.25, -0.2) is 9.37 Å². The van der Waals surface area contributed by atoms with E-state index < -0.39 is 0 Å². The zero-order chi connectivity index (χ0) is 7.84. The van der Waals surface area contributed by atoms with E-state index in [9.17, 15) is 4.39 Å². The van der Waals surface area contributed by atoms with E-state index >= 15 is 0 Å². The van der Waals surface area contributed by atoms with Crippen molar-refractivity contribution in [2.45, 2.75) is 6.92 Å². The number of pyridine rings is 1. The summed E-state index contributed by atoms with van der Waals surface area (Å²) in [5.74, 6) is -0.300. The number of fused-ring (bicyclic) bond motifs is 1. The quantitative estimate of drug-likeness (QED) is 0.556. The lowest BCUT2D eigenvalue weighted by atomic mass is 10.3. The molecule has 2 nitrogen and oxygen atoms in total. The lowest BCUT2D eigenvalue weighted by Gasteiger charge is -1.96. The number of halogens is 1. The molecule has 0 atom stereocenters. The van der Waals surface area contributed by atoms with Crippen molar-refractivity contribution < 1.29 is 4.39 Å². The predicted molar refractivity (Wildman–Crippen MR) is 38.7 cm³/mol. The van der Waals surface area contributed by atoms with Crippen LogP contribution in [0.3, 0.4) is 0 Å². The lowest BCUT2D eigenvalue weighted by Crippen LogP contribution is -1.88. The van der Waals surface area contributed by atoms with Gasteiger partial charge in [-0.05, 0) is 18.6 Å². The van der Waals surface area contributed by atoms with Crippen LogP contribution in [0, 0.1) is 18.9 Å². The smallest absolute Gasteiger partial charge is 0.173 e. The predicted octanol–water partition coefficient (Wildman–Crippen LogP) is 1.58. The van der Waals surface area contributed by atoms with Crippen LogP contribution in [0.5, 0.6) is 0 Å². The Morgan fingerprint density at radius 1 is 1.64 bits per heavy atom. The van der Waals surface area contributed by atoms with Crippen LogP contribution >= 0.6 is 0 Å². The Hall–Kier alpha value is -1.38. The summed E-state index contributed by atoms with van der Waals surface area (Å²) in [5, 5.41) is 0. The molecule has 2 aromatic rings. The SMILES string of the molecule is Cc1cc(F)c2n[c]cn2c1. The summed E-state index contributed by atoms with van der Waals surface area (Å²) < 4.78 is 14.6. The third-order valence-electron chi connectivity index (χ3n) is 1.52. The molecule has 0 aromatic carbocycles. The normalized spacial score (nSPS) is 10.7. The first kappa shape index (κ1) is 6.34. The molecule has 2 aromatic heterocycles. The third-order valence-corrected chi connectivity index (χ3v) is 1.52. The highest BCUT2D eigenvalue weighted by molar-refractivity contribution is 5.40. The van der Waals surface area contributed by atoms with Crippen molar-refractivity contribution in [2.24, 2.45) is 0 Å². The van der Waals surface area contributed by atoms with Gasteiger partial charge < -0.3 is 4.40 Å². The Labute approximate surface area is 63.3 Å². The first-order chi connectivity index (χ1) is 5.27. The van der Waals surface area contributed by atoms with Gasteiger partial charge in [0.05, 0.1) is 0 Å². The average molecular weight is 149 g/mol. The number of hydrogen-bond donors (Lipinski definition) is 0. The van der Waals surface area contributed by atoms with Gasteiger partial charge in [-0.1, -0.05) is 0 Å². The topological polar surface area (TPSA) is 17.3 Å². The van der Waals surface area contributed by atoms with Crippen molar-refractivity contribution in [1.82, 2.24) is 9.38 Å². The molecule has 0 spiro atoms. The van der Waals surface area contributed by atoms with Crippen molar-refractivity contribution in [3.8, 4) is 0 Å². The van der Waals surface area contributed by atoms with E-state index in [1.165, 1.54) is 6.07 Å². The number of nitrogens with zero attached hydrogens (tertiary/aromatic N) is 2. The second-order valence-electron chi connectivity index (χ2n) is 2.47. The van der Waals surface area contributed by atoms with Crippen molar-refractivity contribution in [3.05, 3.63) is 36.0 Å². The summed E-state index contributed by atoms with van der Waals surface area (Å²) in [5.41, 5.74) is 1.21. The van der Waals surface area contributed by atoms with Gasteiger partial charge in [0.2, 0.25) is 0 Å². The van der Waals surface area contributed by atoms with Crippen molar-refractivity contribution in [1.29, 1.82) is 0 Å². The molecule has 0 aliphatic rings. The summed E-state index contributed by atoms with van der Waals surface area (Å²) in [4.78, 5) is 3.72. The second-order valence-corrected chi connectivity index (χ2v) is 2.47. The maximum absolute atomic E-state index is 13.0. The minimum atomic E-state index is -0.300. The van der Waals surface area contributed by atoms with Gasteiger partial charge in [0, 0.05) is 12.4 Å². The molecule has 0 saturated carbocycles. The monoisotopic (exact) mass is 149 g/mol. The Morgan fingerprint density at radius 3 is 3.27 bits per heavy atom. The Kier molecular flexibility index (Phi) is 1.18. The molecule has 0 saturated heterocycles. The van der Waals surface area contributed by atoms with Gasteiger partial charge in [-0.3, -0.25) is 0 Å². The van der Waals surface area contributed by atoms with Gasteiger partial charge in [0.15, 0.2) is 11.5 Å². The van der Waals surface area contributed by atoms with Crippen molar-refractivity contribution >= 4 is 5.65 Å². The Morgan fingerprint density at radius 2 is 2.45 bits per heavy atom. The highest BCUT2D eigenvalue weighted by Crippen LogP contribution is 2.08. The van der Waals surface area contributed by atoms with Crippen LogP contribution in [0.25, 0.3) is 5.65 Å². The van der Waals surface area contributed by atoms with Gasteiger partial charge in [0.25, 0.3) is 0 Å². The van der Waals surface area contributed by atoms with Crippen molar-refractivity contribution in [3.63, 3.8) is 0 Å². The molecule has 2 rings (SSSR count). The van der Waals surface area contributed by atoms with Crippen LogP contribution in [-0.2, 0) is 0 Å². The fourth-order valence-corrected chi connectivity index (χ4v) is 1.07. The molecule has 0 amide bonds. The molecule has 11 heavy (non-hydrogen) atoms. The van der Waals surface area contributed by atoms with E-state index in [2.05, 4.69) is 11.2 Å². The van der Waals surface area contributed by atoms with E-state index in [0.717, 1.165) is 5.56 Å². The summed E-state index contributed by atoms with van der Waals surface area (Å²) >= 11 is 0. The van der Waals surface area contributed by atoms with Crippen LogP contribution in [0.1, 0.15) is 5.56 Å². The van der Waals surface area contributed by atoms with E-state index in [4.69, 9.17) is 0 Å². The lowest BCUT2D eigenvalue weighted by molar-refractivity contribution is 0.628. The first-order valence-corrected chi connectivity index (χ1v) is 3.28. The van der Waals surface area contributed by atoms with Gasteiger partial charge in [-0.15, -0.1) is 0 Å². The number of hydrogen-bond acceptors (Lipinski definition) is 1. The highest BCUT2D eigenvalue weighted by Gasteiger charge is 2.01. The summed E-state index contributed by atoms with van der Waals surface area (Å²) in [6, 6.07) is 1.45. The fourth-order valence-electron chi connectivity index (χ4n) is 1.07. The summed E-state index contributed by atoms with van der Waals surface area (Å²) in [7, 11) is 0. The number of rotatable bonds is 0. The van der Waals surface area contributed by atoms with Gasteiger partial charge >= 0.3 is 0 Å². The van der Waals surface area contributed by atoms with Crippen LogP contribution in [-0.4, -0.2) is 9.38 Å². The molecule has 0 N–H and O–H groups in total. The van der Waals surface area contributed by atoms with Crippen LogP contribution in [0.4, 0.5) is 4.39 Å². The zero-order valence-electron chi connectivity index (χ0n) is 6.00. The molecule has 2 heterocycles. The largest absolute Gasteiger partial charge is 0.304 e. The highest BCUT2D eigenvalue weighted by atomic mass is 19.1. The summed E-state index contributed by atoms with van der Waals surface area (Å²) in [6.07, 6.45) is 5.99. The maximum atomic E-state index is 13.0. The van der Waals surface area contributed by atoms with Crippen LogP contribution < -0.4 is 0 Å². The standard InChI is InChI=1S/C8H6FN2/c1-6-4-7(9)8-10-2-3-11(8)5-6/h3-5H,1H3. The van der Waals surface area contributed by atoms with Gasteiger partial charge in [0.1, 0.15) is 6.20 Å². The molecule has 55 valence electrons. The molecule has 3 heteroatoms. The minimum Gasteiger partial charge on any atom is -0.304 e. The number of aryl methyl sites for hydroxylation is 1. The molecule has 0 fully saturated rings. The van der Waals surface area contributed by atoms with Gasteiger partial charge in [-0.2, -0.15) is 0 Å². The number of aromatic nitrogens is 2. The maximum Gasteiger partial charge on any atom is 0.173 e. The average Bonchev–Trinajstić information content (AvgIpc) is 2.34. The Bertz CT molecular complexity index is 392. The Balaban J connectivity index is 2.91. The summed E-state index contributed by atoms with van der Waals surface area (Å²) in [6.45, 7) is 1.84. The molecule has 0 aliphatic carbocycles. The zero-order valence-corrected chi connectivity index (χ0v) is 6.00. The molecule has 1 radical (unpaired) electrons. The molecule has 0 bridgehead atoms. The number of imidazole rings is 1. The molecule has 0 unspecified atom stereocenters. The third kappa shape index (κ3) is 0.888. The fraction of sp³-hybridized carbons (Fsp3) is 0.125. The van der Waals surface area contributed by atoms with E-state index in [1.54, 1.807) is 10.6 Å². The van der Waals surface area contributed by atoms with E-state index in [1.807, 2.05) is 13.1 Å². The van der Waals surface area contributed by atoms with E-state index in [-0.39, 0.29) is 5.82 Å². The van der Waals surface area contributed by atoms with E-state index in [0.29, 0.717) is 5.65 Å². The minimum absolute atomic E-state index is 0.300. The molecular formula is C8H6FN2. The molecular weight excluding hydrogens is 143 g/mol. The molecule has 0 aliphatic heterocycles.